The van der Waals surface area contributed by atoms with Crippen LogP contribution in [0.3, 0.4) is 0 Å². The van der Waals surface area contributed by atoms with Gasteiger partial charge in [0.2, 0.25) is 0 Å². The molecule has 0 aliphatic carbocycles. The van der Waals surface area contributed by atoms with Crippen LogP contribution >= 0.6 is 11.3 Å². The number of hydrogen-bond acceptors (Lipinski definition) is 3. The SMILES string of the molecule is Cn1cnc(-c2sccc2N)c1. The summed E-state index contributed by atoms with van der Waals surface area (Å²) < 4.78 is 1.91. The Morgan fingerprint density at radius 3 is 2.92 bits per heavy atom. The van der Waals surface area contributed by atoms with Gasteiger partial charge in [-0.25, -0.2) is 4.98 Å². The molecule has 2 N–H and O–H groups in total. The predicted molar refractivity (Wildman–Crippen MR) is 50.9 cm³/mol. The normalized spacial score (nSPS) is 10.4. The summed E-state index contributed by atoms with van der Waals surface area (Å²) in [6.07, 6.45) is 3.73. The summed E-state index contributed by atoms with van der Waals surface area (Å²) in [5.41, 5.74) is 7.50. The lowest BCUT2D eigenvalue weighted by Gasteiger charge is -1.91. The first-order chi connectivity index (χ1) is 5.77. The highest BCUT2D eigenvalue weighted by atomic mass is 32.1. The van der Waals surface area contributed by atoms with Crippen LogP contribution in [0.1, 0.15) is 0 Å². The number of thiophene rings is 1. The molecule has 0 bridgehead atoms. The fraction of sp³-hybridized carbons (Fsp3) is 0.125. The van der Waals surface area contributed by atoms with Crippen LogP contribution in [0.25, 0.3) is 10.6 Å². The quantitative estimate of drug-likeness (QED) is 0.724. The Bertz CT molecular complexity index is 388. The van der Waals surface area contributed by atoms with Crippen LogP contribution < -0.4 is 5.73 Å². The molecule has 0 saturated carbocycles. The zero-order valence-corrected chi connectivity index (χ0v) is 7.51. The van der Waals surface area contributed by atoms with Gasteiger partial charge in [0.1, 0.15) is 5.69 Å². The van der Waals surface area contributed by atoms with Crippen LogP contribution in [0.5, 0.6) is 0 Å². The minimum atomic E-state index is 0.804. The van der Waals surface area contributed by atoms with Gasteiger partial charge in [0.05, 0.1) is 16.9 Å². The van der Waals surface area contributed by atoms with Gasteiger partial charge in [0.15, 0.2) is 0 Å². The third kappa shape index (κ3) is 1.10. The molecule has 0 saturated heterocycles. The Balaban J connectivity index is 2.50. The molecule has 0 unspecified atom stereocenters. The molecular weight excluding hydrogens is 170 g/mol. The van der Waals surface area contributed by atoms with Gasteiger partial charge in [-0.15, -0.1) is 11.3 Å². The Labute approximate surface area is 74.5 Å². The Kier molecular flexibility index (Phi) is 1.62. The first-order valence-corrected chi connectivity index (χ1v) is 4.46. The molecule has 12 heavy (non-hydrogen) atoms. The van der Waals surface area contributed by atoms with Gasteiger partial charge in [-0.1, -0.05) is 0 Å². The number of anilines is 1. The van der Waals surface area contributed by atoms with Crippen molar-refractivity contribution in [3.8, 4) is 10.6 Å². The van der Waals surface area contributed by atoms with Crippen molar-refractivity contribution >= 4 is 17.0 Å². The standard InChI is InChI=1S/C8H9N3S/c1-11-4-7(10-5-11)8-6(9)2-3-12-8/h2-5H,9H2,1H3. The van der Waals surface area contributed by atoms with Crippen LogP contribution in [-0.2, 0) is 7.05 Å². The fourth-order valence-corrected chi connectivity index (χ4v) is 1.84. The van der Waals surface area contributed by atoms with E-state index >= 15 is 0 Å². The number of nitrogen functional groups attached to an aromatic ring is 1. The molecule has 0 spiro atoms. The Morgan fingerprint density at radius 2 is 2.42 bits per heavy atom. The molecule has 3 nitrogen and oxygen atoms in total. The molecule has 2 heterocycles. The Morgan fingerprint density at radius 1 is 1.58 bits per heavy atom. The number of aryl methyl sites for hydroxylation is 1. The summed E-state index contributed by atoms with van der Waals surface area (Å²) in [5, 5.41) is 1.97. The van der Waals surface area contributed by atoms with Gasteiger partial charge in [-0.05, 0) is 11.4 Å². The molecule has 0 amide bonds. The van der Waals surface area contributed by atoms with Gasteiger partial charge >= 0.3 is 0 Å². The van der Waals surface area contributed by atoms with Crippen molar-refractivity contribution in [2.24, 2.45) is 7.05 Å². The third-order valence-corrected chi connectivity index (χ3v) is 2.59. The number of nitrogens with two attached hydrogens (primary N) is 1. The number of hydrogen-bond donors (Lipinski definition) is 1. The maximum atomic E-state index is 5.74. The van der Waals surface area contributed by atoms with Crippen molar-refractivity contribution < 1.29 is 0 Å². The van der Waals surface area contributed by atoms with E-state index in [1.165, 1.54) is 0 Å². The van der Waals surface area contributed by atoms with Gasteiger partial charge in [-0.3, -0.25) is 0 Å². The maximum absolute atomic E-state index is 5.74. The molecule has 2 aromatic rings. The summed E-state index contributed by atoms with van der Waals surface area (Å²) in [6, 6.07) is 1.90. The van der Waals surface area contributed by atoms with Gasteiger partial charge in [0.25, 0.3) is 0 Å². The maximum Gasteiger partial charge on any atom is 0.100 e. The number of nitrogens with zero attached hydrogens (tertiary/aromatic N) is 2. The van der Waals surface area contributed by atoms with Gasteiger partial charge < -0.3 is 10.3 Å². The monoisotopic (exact) mass is 179 g/mol. The second-order valence-corrected chi connectivity index (χ2v) is 3.55. The highest BCUT2D eigenvalue weighted by Crippen LogP contribution is 2.29. The highest BCUT2D eigenvalue weighted by molar-refractivity contribution is 7.14. The fourth-order valence-electron chi connectivity index (χ4n) is 1.06. The lowest BCUT2D eigenvalue weighted by atomic mass is 10.3. The van der Waals surface area contributed by atoms with E-state index in [4.69, 9.17) is 5.73 Å². The van der Waals surface area contributed by atoms with Crippen molar-refractivity contribution in [3.63, 3.8) is 0 Å². The highest BCUT2D eigenvalue weighted by Gasteiger charge is 2.05. The first kappa shape index (κ1) is 7.36. The summed E-state index contributed by atoms with van der Waals surface area (Å²) >= 11 is 1.62. The molecular formula is C8H9N3S. The molecule has 62 valence electrons. The smallest absolute Gasteiger partial charge is 0.100 e. The summed E-state index contributed by atoms with van der Waals surface area (Å²) in [7, 11) is 1.94. The molecule has 0 aromatic carbocycles. The molecule has 2 aromatic heterocycles. The van der Waals surface area contributed by atoms with E-state index in [-0.39, 0.29) is 0 Å². The van der Waals surface area contributed by atoms with E-state index in [1.54, 1.807) is 17.7 Å². The van der Waals surface area contributed by atoms with E-state index in [2.05, 4.69) is 4.98 Å². The van der Waals surface area contributed by atoms with E-state index < -0.39 is 0 Å². The van der Waals surface area contributed by atoms with E-state index in [9.17, 15) is 0 Å². The molecule has 4 heteroatoms. The summed E-state index contributed by atoms with van der Waals surface area (Å²) in [4.78, 5) is 5.26. The van der Waals surface area contributed by atoms with Crippen LogP contribution in [0.2, 0.25) is 0 Å². The lowest BCUT2D eigenvalue weighted by molar-refractivity contribution is 0.913. The second-order valence-electron chi connectivity index (χ2n) is 2.63. The largest absolute Gasteiger partial charge is 0.397 e. The van der Waals surface area contributed by atoms with Crippen molar-refractivity contribution in [1.82, 2.24) is 9.55 Å². The van der Waals surface area contributed by atoms with Crippen LogP contribution in [0.4, 0.5) is 5.69 Å². The third-order valence-electron chi connectivity index (χ3n) is 1.63. The average molecular weight is 179 g/mol. The minimum absolute atomic E-state index is 0.804. The average Bonchev–Trinajstić information content (AvgIpc) is 2.58. The summed E-state index contributed by atoms with van der Waals surface area (Å²) in [5.74, 6) is 0. The first-order valence-electron chi connectivity index (χ1n) is 3.58. The molecule has 0 aliphatic heterocycles. The zero-order chi connectivity index (χ0) is 8.55. The number of rotatable bonds is 1. The minimum Gasteiger partial charge on any atom is -0.397 e. The predicted octanol–water partition coefficient (Wildman–Crippen LogP) is 1.73. The van der Waals surface area contributed by atoms with Crippen LogP contribution in [0, 0.1) is 0 Å². The van der Waals surface area contributed by atoms with Crippen molar-refractivity contribution in [3.05, 3.63) is 24.0 Å². The topological polar surface area (TPSA) is 43.8 Å². The van der Waals surface area contributed by atoms with Crippen LogP contribution in [-0.4, -0.2) is 9.55 Å². The number of imidazole rings is 1. The molecule has 0 atom stereocenters. The van der Waals surface area contributed by atoms with Crippen molar-refractivity contribution in [1.29, 1.82) is 0 Å². The Hall–Kier alpha value is -1.29. The lowest BCUT2D eigenvalue weighted by Crippen LogP contribution is -1.83. The van der Waals surface area contributed by atoms with Crippen molar-refractivity contribution in [2.45, 2.75) is 0 Å². The van der Waals surface area contributed by atoms with E-state index in [1.807, 2.05) is 29.3 Å². The molecule has 0 radical (unpaired) electrons. The molecule has 0 fully saturated rings. The summed E-state index contributed by atoms with van der Waals surface area (Å²) in [6.45, 7) is 0. The van der Waals surface area contributed by atoms with Gasteiger partial charge in [-0.2, -0.15) is 0 Å². The van der Waals surface area contributed by atoms with E-state index in [0.717, 1.165) is 16.3 Å². The van der Waals surface area contributed by atoms with Crippen LogP contribution in [0.15, 0.2) is 24.0 Å². The second kappa shape index (κ2) is 2.64. The molecule has 2 rings (SSSR count). The van der Waals surface area contributed by atoms with Gasteiger partial charge in [0, 0.05) is 13.2 Å². The van der Waals surface area contributed by atoms with Crippen molar-refractivity contribution in [2.75, 3.05) is 5.73 Å². The zero-order valence-electron chi connectivity index (χ0n) is 6.69. The number of aromatic nitrogens is 2. The molecule has 0 aliphatic rings. The van der Waals surface area contributed by atoms with E-state index in [0.29, 0.717) is 0 Å².